The second-order valence-corrected chi connectivity index (χ2v) is 8.08. The molecule has 0 heterocycles. The summed E-state index contributed by atoms with van der Waals surface area (Å²) in [6, 6.07) is 12.0. The molecule has 1 fully saturated rings. The second-order valence-electron chi connectivity index (χ2n) is 6.37. The van der Waals surface area contributed by atoms with Crippen LogP contribution in [0, 0.1) is 6.92 Å². The van der Waals surface area contributed by atoms with Crippen LogP contribution in [0.3, 0.4) is 0 Å². The van der Waals surface area contributed by atoms with Crippen molar-refractivity contribution in [1.82, 2.24) is 10.0 Å². The van der Waals surface area contributed by atoms with Gasteiger partial charge < -0.3 is 10.1 Å². The van der Waals surface area contributed by atoms with Crippen LogP contribution in [0.15, 0.2) is 47.4 Å². The summed E-state index contributed by atoms with van der Waals surface area (Å²) in [6.07, 6.45) is 1.72. The Morgan fingerprint density at radius 2 is 1.92 bits per heavy atom. The van der Waals surface area contributed by atoms with E-state index in [1.54, 1.807) is 20.1 Å². The lowest BCUT2D eigenvalue weighted by Gasteiger charge is -2.12. The molecule has 2 N–H and O–H groups in total. The SMILES string of the molecule is COc1ccccc1CNC(=O)c1cc(S(=O)(=O)NC2CC2)ccc1C. The Labute approximate surface area is 153 Å². The smallest absolute Gasteiger partial charge is 0.251 e. The summed E-state index contributed by atoms with van der Waals surface area (Å²) in [5.41, 5.74) is 1.91. The molecule has 1 saturated carbocycles. The number of amides is 1. The van der Waals surface area contributed by atoms with Crippen LogP contribution in [-0.4, -0.2) is 27.5 Å². The Morgan fingerprint density at radius 1 is 1.19 bits per heavy atom. The van der Waals surface area contributed by atoms with E-state index < -0.39 is 10.0 Å². The van der Waals surface area contributed by atoms with Gasteiger partial charge in [-0.2, -0.15) is 0 Å². The Kier molecular flexibility index (Phi) is 5.29. The molecule has 6 nitrogen and oxygen atoms in total. The fourth-order valence-electron chi connectivity index (χ4n) is 2.62. The Bertz CT molecular complexity index is 921. The molecule has 7 heteroatoms. The lowest BCUT2D eigenvalue weighted by atomic mass is 10.1. The molecule has 0 bridgehead atoms. The zero-order valence-electron chi connectivity index (χ0n) is 14.8. The maximum absolute atomic E-state index is 12.6. The van der Waals surface area contributed by atoms with Gasteiger partial charge in [-0.15, -0.1) is 0 Å². The minimum absolute atomic E-state index is 0.0177. The molecule has 1 aliphatic carbocycles. The number of sulfonamides is 1. The molecule has 0 aromatic heterocycles. The van der Waals surface area contributed by atoms with Gasteiger partial charge in [-0.05, 0) is 43.5 Å². The van der Waals surface area contributed by atoms with E-state index in [-0.39, 0.29) is 16.8 Å². The van der Waals surface area contributed by atoms with E-state index in [9.17, 15) is 13.2 Å². The monoisotopic (exact) mass is 374 g/mol. The van der Waals surface area contributed by atoms with E-state index in [0.717, 1.165) is 18.4 Å². The van der Waals surface area contributed by atoms with Gasteiger partial charge in [-0.1, -0.05) is 24.3 Å². The molecule has 0 radical (unpaired) electrons. The van der Waals surface area contributed by atoms with Crippen LogP contribution in [0.2, 0.25) is 0 Å². The van der Waals surface area contributed by atoms with Gasteiger partial charge in [-0.3, -0.25) is 4.79 Å². The molecule has 1 amide bonds. The molecule has 0 aliphatic heterocycles. The van der Waals surface area contributed by atoms with Crippen LogP contribution in [0.5, 0.6) is 5.75 Å². The number of methoxy groups -OCH3 is 1. The van der Waals surface area contributed by atoms with Crippen molar-refractivity contribution in [3.05, 3.63) is 59.2 Å². The third-order valence-corrected chi connectivity index (χ3v) is 5.81. The van der Waals surface area contributed by atoms with E-state index in [1.807, 2.05) is 24.3 Å². The summed E-state index contributed by atoms with van der Waals surface area (Å²) in [5, 5.41) is 2.83. The Hall–Kier alpha value is -2.38. The Morgan fingerprint density at radius 3 is 2.62 bits per heavy atom. The van der Waals surface area contributed by atoms with Crippen LogP contribution in [0.25, 0.3) is 0 Å². The topological polar surface area (TPSA) is 84.5 Å². The van der Waals surface area contributed by atoms with Gasteiger partial charge in [-0.25, -0.2) is 13.1 Å². The second kappa shape index (κ2) is 7.47. The predicted octanol–water partition coefficient (Wildman–Crippen LogP) is 2.37. The van der Waals surface area contributed by atoms with Crippen LogP contribution >= 0.6 is 0 Å². The van der Waals surface area contributed by atoms with Crippen LogP contribution < -0.4 is 14.8 Å². The van der Waals surface area contributed by atoms with Gasteiger partial charge in [0, 0.05) is 23.7 Å². The largest absolute Gasteiger partial charge is 0.496 e. The van der Waals surface area contributed by atoms with Gasteiger partial charge >= 0.3 is 0 Å². The number of rotatable bonds is 7. The average Bonchev–Trinajstić information content (AvgIpc) is 3.43. The summed E-state index contributed by atoms with van der Waals surface area (Å²) in [5.74, 6) is 0.367. The van der Waals surface area contributed by atoms with Crippen molar-refractivity contribution in [2.45, 2.75) is 37.2 Å². The third-order valence-electron chi connectivity index (χ3n) is 4.30. The van der Waals surface area contributed by atoms with Crippen LogP contribution in [0.4, 0.5) is 0 Å². The number of benzene rings is 2. The average molecular weight is 374 g/mol. The molecule has 0 spiro atoms. The van der Waals surface area contributed by atoms with Gasteiger partial charge in [0.15, 0.2) is 0 Å². The first-order valence-corrected chi connectivity index (χ1v) is 9.92. The van der Waals surface area contributed by atoms with Crippen molar-refractivity contribution < 1.29 is 17.9 Å². The minimum atomic E-state index is -3.60. The summed E-state index contributed by atoms with van der Waals surface area (Å²) in [6.45, 7) is 2.07. The first-order chi connectivity index (χ1) is 12.4. The molecule has 1 aliphatic rings. The minimum Gasteiger partial charge on any atom is -0.496 e. The lowest BCUT2D eigenvalue weighted by Crippen LogP contribution is -2.27. The molecular formula is C19H22N2O4S. The van der Waals surface area contributed by atoms with E-state index in [4.69, 9.17) is 4.74 Å². The number of aryl methyl sites for hydroxylation is 1. The van der Waals surface area contributed by atoms with E-state index in [1.165, 1.54) is 12.1 Å². The fraction of sp³-hybridized carbons (Fsp3) is 0.316. The van der Waals surface area contributed by atoms with Gasteiger partial charge in [0.25, 0.3) is 5.91 Å². The van der Waals surface area contributed by atoms with E-state index in [2.05, 4.69) is 10.0 Å². The third kappa shape index (κ3) is 4.23. The maximum atomic E-state index is 12.6. The first-order valence-electron chi connectivity index (χ1n) is 8.44. The van der Waals surface area contributed by atoms with Gasteiger partial charge in [0.05, 0.1) is 12.0 Å². The predicted molar refractivity (Wildman–Crippen MR) is 98.7 cm³/mol. The number of para-hydroxylation sites is 1. The van der Waals surface area contributed by atoms with Crippen molar-refractivity contribution in [2.75, 3.05) is 7.11 Å². The zero-order valence-corrected chi connectivity index (χ0v) is 15.6. The summed E-state index contributed by atoms with van der Waals surface area (Å²) < 4.78 is 32.6. The molecule has 0 saturated heterocycles. The van der Waals surface area contributed by atoms with Crippen LogP contribution in [0.1, 0.15) is 34.3 Å². The zero-order chi connectivity index (χ0) is 18.7. The molecule has 0 atom stereocenters. The quantitative estimate of drug-likeness (QED) is 0.779. The fourth-order valence-corrected chi connectivity index (χ4v) is 3.95. The number of hydrogen-bond donors (Lipinski definition) is 2. The molecule has 138 valence electrons. The van der Waals surface area contributed by atoms with Crippen LogP contribution in [-0.2, 0) is 16.6 Å². The normalized spacial score (nSPS) is 14.1. The van der Waals surface area contributed by atoms with E-state index in [0.29, 0.717) is 23.4 Å². The number of nitrogens with one attached hydrogen (secondary N) is 2. The van der Waals surface area contributed by atoms with Crippen molar-refractivity contribution in [3.63, 3.8) is 0 Å². The van der Waals surface area contributed by atoms with Crippen molar-refractivity contribution in [1.29, 1.82) is 0 Å². The Balaban J connectivity index is 1.77. The molecule has 26 heavy (non-hydrogen) atoms. The number of ether oxygens (including phenoxy) is 1. The maximum Gasteiger partial charge on any atom is 0.251 e. The summed E-state index contributed by atoms with van der Waals surface area (Å²) >= 11 is 0. The molecule has 0 unspecified atom stereocenters. The number of hydrogen-bond acceptors (Lipinski definition) is 4. The summed E-state index contributed by atoms with van der Waals surface area (Å²) in [7, 11) is -2.02. The highest BCUT2D eigenvalue weighted by Gasteiger charge is 2.28. The number of carbonyl (C=O) groups is 1. The highest BCUT2D eigenvalue weighted by atomic mass is 32.2. The number of carbonyl (C=O) groups excluding carboxylic acids is 1. The van der Waals surface area contributed by atoms with Gasteiger partial charge in [0.1, 0.15) is 5.75 Å². The molecule has 2 aromatic carbocycles. The molecular weight excluding hydrogens is 352 g/mol. The van der Waals surface area contributed by atoms with E-state index >= 15 is 0 Å². The molecule has 3 rings (SSSR count). The van der Waals surface area contributed by atoms with Crippen molar-refractivity contribution in [2.24, 2.45) is 0 Å². The van der Waals surface area contributed by atoms with Gasteiger partial charge in [0.2, 0.25) is 10.0 Å². The van der Waals surface area contributed by atoms with Crippen molar-refractivity contribution >= 4 is 15.9 Å². The highest BCUT2D eigenvalue weighted by Crippen LogP contribution is 2.23. The summed E-state index contributed by atoms with van der Waals surface area (Å²) in [4.78, 5) is 12.7. The standard InChI is InChI=1S/C19H22N2O4S/c1-13-7-10-16(26(23,24)21-15-8-9-15)11-17(13)19(22)20-12-14-5-3-4-6-18(14)25-2/h3-7,10-11,15,21H,8-9,12H2,1-2H3,(H,20,22). The first kappa shape index (κ1) is 18.4. The van der Waals surface area contributed by atoms with Crippen molar-refractivity contribution in [3.8, 4) is 5.75 Å². The lowest BCUT2D eigenvalue weighted by molar-refractivity contribution is 0.0950. The molecule has 2 aromatic rings. The highest BCUT2D eigenvalue weighted by molar-refractivity contribution is 7.89.